The molecular weight excluding hydrogens is 186 g/mol. The van der Waals surface area contributed by atoms with Crippen LogP contribution in [0.25, 0.3) is 0 Å². The zero-order valence-corrected chi connectivity index (χ0v) is 8.56. The van der Waals surface area contributed by atoms with E-state index in [-0.39, 0.29) is 0 Å². The molecule has 1 aliphatic heterocycles. The number of hydrogen-bond acceptors (Lipinski definition) is 2. The third-order valence-electron chi connectivity index (χ3n) is 2.51. The lowest BCUT2D eigenvalue weighted by Crippen LogP contribution is -2.29. The Labute approximate surface area is 83.1 Å². The third kappa shape index (κ3) is 1.66. The Hall–Kier alpha value is -0.700. The predicted octanol–water partition coefficient (Wildman–Crippen LogP) is 2.36. The first-order valence-corrected chi connectivity index (χ1v) is 5.12. The summed E-state index contributed by atoms with van der Waals surface area (Å²) in [6, 6.07) is 0. The number of rotatable bonds is 1. The number of nitrogens with one attached hydrogen (secondary N) is 1. The van der Waals surface area contributed by atoms with Gasteiger partial charge in [-0.2, -0.15) is 5.10 Å². The molecule has 1 aromatic rings. The van der Waals surface area contributed by atoms with Gasteiger partial charge in [0.15, 0.2) is 5.82 Å². The van der Waals surface area contributed by atoms with Crippen LogP contribution in [0.1, 0.15) is 25.0 Å². The summed E-state index contributed by atoms with van der Waals surface area (Å²) in [6.07, 6.45) is 3.84. The zero-order valence-electron chi connectivity index (χ0n) is 7.81. The summed E-state index contributed by atoms with van der Waals surface area (Å²) >= 11 is 6.11. The van der Waals surface area contributed by atoms with Crippen molar-refractivity contribution >= 4 is 17.4 Å². The fourth-order valence-corrected chi connectivity index (χ4v) is 1.92. The molecule has 0 spiro atoms. The van der Waals surface area contributed by atoms with Gasteiger partial charge in [-0.25, -0.2) is 0 Å². The summed E-state index contributed by atoms with van der Waals surface area (Å²) in [5.41, 5.74) is 0.960. The smallest absolute Gasteiger partial charge is 0.169 e. The first-order valence-electron chi connectivity index (χ1n) is 4.74. The highest BCUT2D eigenvalue weighted by atomic mass is 35.5. The van der Waals surface area contributed by atoms with Gasteiger partial charge in [0.1, 0.15) is 5.02 Å². The second kappa shape index (κ2) is 3.58. The Bertz CT molecular complexity index is 289. The number of halogens is 1. The molecule has 72 valence electrons. The highest BCUT2D eigenvalue weighted by Crippen LogP contribution is 2.27. The van der Waals surface area contributed by atoms with E-state index >= 15 is 0 Å². The molecular formula is C9H14ClN3. The van der Waals surface area contributed by atoms with Gasteiger partial charge in [-0.3, -0.25) is 5.10 Å². The van der Waals surface area contributed by atoms with Crippen LogP contribution in [0, 0.1) is 6.92 Å². The molecule has 2 rings (SSSR count). The molecule has 1 fully saturated rings. The van der Waals surface area contributed by atoms with Crippen molar-refractivity contribution in [2.45, 2.75) is 26.2 Å². The molecule has 13 heavy (non-hydrogen) atoms. The summed E-state index contributed by atoms with van der Waals surface area (Å²) in [7, 11) is 0. The second-order valence-electron chi connectivity index (χ2n) is 3.53. The van der Waals surface area contributed by atoms with Gasteiger partial charge in [-0.05, 0) is 26.2 Å². The molecule has 1 aromatic heterocycles. The van der Waals surface area contributed by atoms with E-state index in [4.69, 9.17) is 11.6 Å². The number of hydrogen-bond donors (Lipinski definition) is 1. The highest BCUT2D eigenvalue weighted by molar-refractivity contribution is 6.33. The Morgan fingerprint density at radius 1 is 1.31 bits per heavy atom. The topological polar surface area (TPSA) is 31.9 Å². The Balaban J connectivity index is 2.18. The molecule has 1 N–H and O–H groups in total. The molecule has 2 heterocycles. The van der Waals surface area contributed by atoms with E-state index < -0.39 is 0 Å². The molecule has 0 aromatic carbocycles. The van der Waals surface area contributed by atoms with E-state index in [0.717, 1.165) is 29.6 Å². The largest absolute Gasteiger partial charge is 0.354 e. The maximum absolute atomic E-state index is 6.11. The number of H-pyrrole nitrogens is 1. The van der Waals surface area contributed by atoms with Crippen LogP contribution in [0.3, 0.4) is 0 Å². The van der Waals surface area contributed by atoms with Gasteiger partial charge >= 0.3 is 0 Å². The number of anilines is 1. The van der Waals surface area contributed by atoms with Gasteiger partial charge in [-0.15, -0.1) is 0 Å². The lowest BCUT2D eigenvalue weighted by Gasteiger charge is -2.26. The first-order chi connectivity index (χ1) is 6.29. The number of aryl methyl sites for hydroxylation is 1. The Morgan fingerprint density at radius 3 is 2.54 bits per heavy atom. The molecule has 3 nitrogen and oxygen atoms in total. The van der Waals surface area contributed by atoms with E-state index in [0.29, 0.717) is 0 Å². The van der Waals surface area contributed by atoms with Crippen molar-refractivity contribution in [1.82, 2.24) is 10.2 Å². The van der Waals surface area contributed by atoms with E-state index in [1.54, 1.807) is 0 Å². The van der Waals surface area contributed by atoms with Crippen molar-refractivity contribution in [2.24, 2.45) is 0 Å². The molecule has 4 heteroatoms. The number of piperidine rings is 1. The molecule has 0 bridgehead atoms. The molecule has 0 atom stereocenters. The number of nitrogens with zero attached hydrogens (tertiary/aromatic N) is 2. The van der Waals surface area contributed by atoms with Gasteiger partial charge in [0.2, 0.25) is 0 Å². The number of aromatic amines is 1. The maximum Gasteiger partial charge on any atom is 0.169 e. The molecule has 0 aliphatic carbocycles. The van der Waals surface area contributed by atoms with Gasteiger partial charge < -0.3 is 4.90 Å². The van der Waals surface area contributed by atoms with Gasteiger partial charge in [0.25, 0.3) is 0 Å². The summed E-state index contributed by atoms with van der Waals surface area (Å²) < 4.78 is 0. The quantitative estimate of drug-likeness (QED) is 0.753. The molecule has 1 saturated heterocycles. The number of aromatic nitrogens is 2. The van der Waals surface area contributed by atoms with Crippen molar-refractivity contribution in [2.75, 3.05) is 18.0 Å². The van der Waals surface area contributed by atoms with Crippen LogP contribution in [0.2, 0.25) is 5.02 Å². The normalized spacial score (nSPS) is 17.8. The van der Waals surface area contributed by atoms with Crippen LogP contribution in [-0.2, 0) is 0 Å². The summed E-state index contributed by atoms with van der Waals surface area (Å²) in [6.45, 7) is 4.12. The maximum atomic E-state index is 6.11. The minimum atomic E-state index is 0.780. The zero-order chi connectivity index (χ0) is 9.26. The minimum Gasteiger partial charge on any atom is -0.354 e. The molecule has 0 unspecified atom stereocenters. The van der Waals surface area contributed by atoms with Crippen molar-refractivity contribution in [1.29, 1.82) is 0 Å². The van der Waals surface area contributed by atoms with Crippen LogP contribution >= 0.6 is 11.6 Å². The van der Waals surface area contributed by atoms with Gasteiger partial charge in [0, 0.05) is 13.1 Å². The predicted molar refractivity (Wildman–Crippen MR) is 54.4 cm³/mol. The standard InChI is InChI=1S/C9H14ClN3/c1-7-8(10)9(12-11-7)13-5-3-2-4-6-13/h2-6H2,1H3,(H,11,12). The average Bonchev–Trinajstić information content (AvgIpc) is 2.49. The van der Waals surface area contributed by atoms with Crippen molar-refractivity contribution in [3.63, 3.8) is 0 Å². The molecule has 0 amide bonds. The first kappa shape index (κ1) is 8.88. The highest BCUT2D eigenvalue weighted by Gasteiger charge is 2.17. The van der Waals surface area contributed by atoms with E-state index in [2.05, 4.69) is 15.1 Å². The van der Waals surface area contributed by atoms with E-state index in [1.165, 1.54) is 19.3 Å². The second-order valence-corrected chi connectivity index (χ2v) is 3.91. The van der Waals surface area contributed by atoms with Crippen LogP contribution in [0.5, 0.6) is 0 Å². The third-order valence-corrected chi connectivity index (χ3v) is 2.96. The lowest BCUT2D eigenvalue weighted by molar-refractivity contribution is 0.573. The average molecular weight is 200 g/mol. The fourth-order valence-electron chi connectivity index (χ4n) is 1.72. The van der Waals surface area contributed by atoms with E-state index in [1.807, 2.05) is 6.92 Å². The Morgan fingerprint density at radius 2 is 2.00 bits per heavy atom. The monoisotopic (exact) mass is 199 g/mol. The minimum absolute atomic E-state index is 0.780. The van der Waals surface area contributed by atoms with Crippen LogP contribution in [0.4, 0.5) is 5.82 Å². The fraction of sp³-hybridized carbons (Fsp3) is 0.667. The summed E-state index contributed by atoms with van der Waals surface area (Å²) in [4.78, 5) is 2.26. The van der Waals surface area contributed by atoms with Crippen molar-refractivity contribution in [3.05, 3.63) is 10.7 Å². The van der Waals surface area contributed by atoms with Crippen molar-refractivity contribution < 1.29 is 0 Å². The lowest BCUT2D eigenvalue weighted by atomic mass is 10.1. The molecule has 0 radical (unpaired) electrons. The van der Waals surface area contributed by atoms with Crippen LogP contribution < -0.4 is 4.90 Å². The summed E-state index contributed by atoms with van der Waals surface area (Å²) in [5, 5.41) is 7.90. The summed E-state index contributed by atoms with van der Waals surface area (Å²) in [5.74, 6) is 0.930. The molecule has 0 saturated carbocycles. The van der Waals surface area contributed by atoms with Gasteiger partial charge in [0.05, 0.1) is 5.69 Å². The Kier molecular flexibility index (Phi) is 2.44. The van der Waals surface area contributed by atoms with Crippen molar-refractivity contribution in [3.8, 4) is 0 Å². The van der Waals surface area contributed by atoms with Crippen LogP contribution in [0.15, 0.2) is 0 Å². The van der Waals surface area contributed by atoms with Gasteiger partial charge in [-0.1, -0.05) is 11.6 Å². The van der Waals surface area contributed by atoms with Crippen LogP contribution in [-0.4, -0.2) is 23.3 Å². The van der Waals surface area contributed by atoms with E-state index in [9.17, 15) is 0 Å². The SMILES string of the molecule is Cc1[nH]nc(N2CCCCC2)c1Cl. The molecule has 1 aliphatic rings.